The van der Waals surface area contributed by atoms with Crippen LogP contribution in [0.3, 0.4) is 0 Å². The van der Waals surface area contributed by atoms with Crippen LogP contribution in [0, 0.1) is 21.4 Å². The summed E-state index contributed by atoms with van der Waals surface area (Å²) in [6.07, 6.45) is 0. The molecule has 2 rings (SSSR count). The molecule has 0 saturated heterocycles. The van der Waals surface area contributed by atoms with Gasteiger partial charge in [-0.15, -0.1) is 0 Å². The summed E-state index contributed by atoms with van der Waals surface area (Å²) < 4.78 is 6.05. The second-order valence-electron chi connectivity index (χ2n) is 3.99. The van der Waals surface area contributed by atoms with Gasteiger partial charge in [-0.25, -0.2) is 0 Å². The molecule has 0 radical (unpaired) electrons. The van der Waals surface area contributed by atoms with Gasteiger partial charge in [0.2, 0.25) is 5.75 Å². The number of benzene rings is 2. The molecule has 0 aliphatic heterocycles. The minimum absolute atomic E-state index is 0.0505. The number of nitro groups is 1. The normalized spacial score (nSPS) is 9.76. The number of para-hydroxylation sites is 1. The maximum Gasteiger partial charge on any atom is 0.335 e. The third-order valence-corrected chi connectivity index (χ3v) is 3.38. The van der Waals surface area contributed by atoms with E-state index in [0.717, 1.165) is 0 Å². The first kappa shape index (κ1) is 14.8. The third kappa shape index (κ3) is 2.95. The summed E-state index contributed by atoms with van der Waals surface area (Å²) in [5.74, 6) is 0.312. The number of halogens is 1. The lowest BCUT2D eigenvalue weighted by Gasteiger charge is -2.11. The van der Waals surface area contributed by atoms with Crippen LogP contribution in [0.4, 0.5) is 11.4 Å². The van der Waals surface area contributed by atoms with Crippen LogP contribution >= 0.6 is 15.9 Å². The lowest BCUT2D eigenvalue weighted by Crippen LogP contribution is -2.00. The van der Waals surface area contributed by atoms with Gasteiger partial charge in [-0.2, -0.15) is 5.26 Å². The van der Waals surface area contributed by atoms with Gasteiger partial charge in [0, 0.05) is 7.05 Å². The Morgan fingerprint density at radius 2 is 2.05 bits per heavy atom. The number of ether oxygens (including phenoxy) is 1. The molecule has 0 aliphatic carbocycles. The second-order valence-corrected chi connectivity index (χ2v) is 4.84. The fourth-order valence-electron chi connectivity index (χ4n) is 1.78. The van der Waals surface area contributed by atoms with Crippen molar-refractivity contribution in [2.45, 2.75) is 0 Å². The highest BCUT2D eigenvalue weighted by Crippen LogP contribution is 2.43. The van der Waals surface area contributed by atoms with E-state index in [1.165, 1.54) is 0 Å². The highest BCUT2D eigenvalue weighted by Gasteiger charge is 2.24. The molecule has 21 heavy (non-hydrogen) atoms. The highest BCUT2D eigenvalue weighted by molar-refractivity contribution is 9.10. The van der Waals surface area contributed by atoms with E-state index in [2.05, 4.69) is 21.2 Å². The Morgan fingerprint density at radius 1 is 1.33 bits per heavy atom. The summed E-state index contributed by atoms with van der Waals surface area (Å²) in [5.41, 5.74) is 0.431. The van der Waals surface area contributed by atoms with Gasteiger partial charge in [-0.1, -0.05) is 12.1 Å². The summed E-state index contributed by atoms with van der Waals surface area (Å²) in [7, 11) is 1.59. The number of rotatable bonds is 4. The molecule has 0 bridgehead atoms. The lowest BCUT2D eigenvalue weighted by molar-refractivity contribution is -0.384. The number of hydrogen-bond donors (Lipinski definition) is 1. The Hall–Kier alpha value is -2.59. The maximum atomic E-state index is 11.3. The third-order valence-electron chi connectivity index (χ3n) is 2.75. The fourth-order valence-corrected chi connectivity index (χ4v) is 2.19. The molecular formula is C14H10BrN3O3. The molecule has 1 N–H and O–H groups in total. The molecule has 0 fully saturated rings. The van der Waals surface area contributed by atoms with Crippen molar-refractivity contribution in [3.8, 4) is 17.6 Å². The predicted octanol–water partition coefficient (Wildman–Crippen LogP) is 4.06. The van der Waals surface area contributed by atoms with Crippen LogP contribution in [0.1, 0.15) is 5.56 Å². The summed E-state index contributed by atoms with van der Waals surface area (Å²) in [6.45, 7) is 0. The lowest BCUT2D eigenvalue weighted by atomic mass is 10.2. The molecular weight excluding hydrogens is 338 g/mol. The van der Waals surface area contributed by atoms with Gasteiger partial charge in [-0.3, -0.25) is 10.1 Å². The molecule has 2 aromatic rings. The predicted molar refractivity (Wildman–Crippen MR) is 81.6 cm³/mol. The van der Waals surface area contributed by atoms with Crippen molar-refractivity contribution in [3.05, 3.63) is 56.5 Å². The average molecular weight is 348 g/mol. The van der Waals surface area contributed by atoms with Crippen LogP contribution < -0.4 is 10.1 Å². The average Bonchev–Trinajstić information content (AvgIpc) is 2.49. The Bertz CT molecular complexity index is 741. The molecule has 0 saturated carbocycles. The van der Waals surface area contributed by atoms with E-state index in [-0.39, 0.29) is 17.2 Å². The van der Waals surface area contributed by atoms with Crippen molar-refractivity contribution in [1.82, 2.24) is 0 Å². The first-order valence-electron chi connectivity index (χ1n) is 5.90. The van der Waals surface area contributed by atoms with Crippen molar-refractivity contribution in [2.24, 2.45) is 0 Å². The van der Waals surface area contributed by atoms with Gasteiger partial charge >= 0.3 is 5.69 Å². The molecule has 0 aliphatic rings. The van der Waals surface area contributed by atoms with Gasteiger partial charge in [0.05, 0.1) is 15.0 Å². The number of nitriles is 1. The van der Waals surface area contributed by atoms with Crippen molar-refractivity contribution < 1.29 is 9.66 Å². The summed E-state index contributed by atoms with van der Waals surface area (Å²) in [5, 5.41) is 23.1. The zero-order valence-corrected chi connectivity index (χ0v) is 12.5. The number of hydrogen-bond acceptors (Lipinski definition) is 5. The molecule has 7 heteroatoms. The van der Waals surface area contributed by atoms with Crippen LogP contribution in [0.2, 0.25) is 0 Å². The Balaban J connectivity index is 2.59. The van der Waals surface area contributed by atoms with E-state index in [4.69, 9.17) is 10.00 Å². The Kier molecular flexibility index (Phi) is 4.40. The van der Waals surface area contributed by atoms with Crippen molar-refractivity contribution >= 4 is 27.3 Å². The minimum Gasteiger partial charge on any atom is -0.447 e. The van der Waals surface area contributed by atoms with Crippen LogP contribution in [0.25, 0.3) is 0 Å². The van der Waals surface area contributed by atoms with Gasteiger partial charge in [0.15, 0.2) is 0 Å². The monoisotopic (exact) mass is 347 g/mol. The van der Waals surface area contributed by atoms with Gasteiger partial charge in [-0.05, 0) is 40.2 Å². The second kappa shape index (κ2) is 6.24. The molecule has 6 nitrogen and oxygen atoms in total. The maximum absolute atomic E-state index is 11.3. The molecule has 0 amide bonds. The number of nitrogens with zero attached hydrogens (tertiary/aromatic N) is 2. The van der Waals surface area contributed by atoms with E-state index < -0.39 is 4.92 Å². The molecule has 0 unspecified atom stereocenters. The Morgan fingerprint density at radius 3 is 2.67 bits per heavy atom. The van der Waals surface area contributed by atoms with E-state index in [0.29, 0.717) is 15.7 Å². The zero-order chi connectivity index (χ0) is 15.4. The largest absolute Gasteiger partial charge is 0.447 e. The van der Waals surface area contributed by atoms with Gasteiger partial charge in [0.1, 0.15) is 17.5 Å². The quantitative estimate of drug-likeness (QED) is 0.665. The molecule has 106 valence electrons. The standard InChI is InChI=1S/C14H10BrN3O3/c1-17-11-7-6-10(15)14(13(11)18(19)20)21-12-5-3-2-4-9(12)8-16/h2-7,17H,1H3. The Labute approximate surface area is 129 Å². The summed E-state index contributed by atoms with van der Waals surface area (Å²) >= 11 is 3.24. The van der Waals surface area contributed by atoms with Crippen LogP contribution in [-0.4, -0.2) is 12.0 Å². The van der Waals surface area contributed by atoms with Gasteiger partial charge in [0.25, 0.3) is 0 Å². The summed E-state index contributed by atoms with van der Waals surface area (Å²) in [6, 6.07) is 11.8. The molecule has 0 spiro atoms. The van der Waals surface area contributed by atoms with E-state index in [9.17, 15) is 10.1 Å². The topological polar surface area (TPSA) is 88.2 Å². The van der Waals surface area contributed by atoms with Crippen LogP contribution in [-0.2, 0) is 0 Å². The SMILES string of the molecule is CNc1ccc(Br)c(Oc2ccccc2C#N)c1[N+](=O)[O-]. The number of nitrogens with one attached hydrogen (secondary N) is 1. The smallest absolute Gasteiger partial charge is 0.335 e. The highest BCUT2D eigenvalue weighted by atomic mass is 79.9. The van der Waals surface area contributed by atoms with Crippen molar-refractivity contribution in [1.29, 1.82) is 5.26 Å². The van der Waals surface area contributed by atoms with Crippen LogP contribution in [0.15, 0.2) is 40.9 Å². The van der Waals surface area contributed by atoms with E-state index in [1.807, 2.05) is 6.07 Å². The van der Waals surface area contributed by atoms with Crippen molar-refractivity contribution in [2.75, 3.05) is 12.4 Å². The van der Waals surface area contributed by atoms with Crippen molar-refractivity contribution in [3.63, 3.8) is 0 Å². The van der Waals surface area contributed by atoms with E-state index in [1.54, 1.807) is 43.4 Å². The number of anilines is 1. The fraction of sp³-hybridized carbons (Fsp3) is 0.0714. The first-order valence-corrected chi connectivity index (χ1v) is 6.69. The van der Waals surface area contributed by atoms with Gasteiger partial charge < -0.3 is 10.1 Å². The molecule has 2 aromatic carbocycles. The van der Waals surface area contributed by atoms with Crippen LogP contribution in [0.5, 0.6) is 11.5 Å². The number of nitro benzene ring substituents is 1. The van der Waals surface area contributed by atoms with E-state index >= 15 is 0 Å². The minimum atomic E-state index is -0.527. The molecule has 0 atom stereocenters. The molecule has 0 aromatic heterocycles. The zero-order valence-electron chi connectivity index (χ0n) is 11.0. The molecule has 0 heterocycles. The summed E-state index contributed by atoms with van der Waals surface area (Å²) in [4.78, 5) is 10.8. The first-order chi connectivity index (χ1) is 10.1.